The number of carbonyl (C=O) groups excluding carboxylic acids is 2. The summed E-state index contributed by atoms with van der Waals surface area (Å²) in [5, 5.41) is 6.39. The molecule has 1 heterocycles. The molecule has 1 amide bonds. The molecule has 8 heteroatoms. The summed E-state index contributed by atoms with van der Waals surface area (Å²) in [7, 11) is 1.25. The van der Waals surface area contributed by atoms with Gasteiger partial charge in [0.1, 0.15) is 5.60 Å². The standard InChI is InChI=1S/C14H20FN3O4/c1-14(2,3)22-13(20)16-8-10(7-15)9-18-6-5-11(17-18)12(19)21-4/h5-7H,8-9H2,1-4H3,(H,16,20)/b10-7+. The van der Waals surface area contributed by atoms with Crippen molar-refractivity contribution in [3.05, 3.63) is 29.9 Å². The molecule has 1 N–H and O–H groups in total. The number of halogens is 1. The van der Waals surface area contributed by atoms with Crippen molar-refractivity contribution in [1.29, 1.82) is 0 Å². The number of nitrogens with zero attached hydrogens (tertiary/aromatic N) is 2. The van der Waals surface area contributed by atoms with Gasteiger partial charge in [-0.3, -0.25) is 4.68 Å². The summed E-state index contributed by atoms with van der Waals surface area (Å²) in [4.78, 5) is 22.8. The van der Waals surface area contributed by atoms with E-state index in [0.717, 1.165) is 0 Å². The van der Waals surface area contributed by atoms with Gasteiger partial charge in [-0.2, -0.15) is 5.10 Å². The number of hydrogen-bond acceptors (Lipinski definition) is 5. The van der Waals surface area contributed by atoms with E-state index < -0.39 is 17.7 Å². The van der Waals surface area contributed by atoms with Crippen molar-refractivity contribution in [2.45, 2.75) is 32.9 Å². The second-order valence-corrected chi connectivity index (χ2v) is 5.51. The van der Waals surface area contributed by atoms with Gasteiger partial charge in [0.2, 0.25) is 0 Å². The number of methoxy groups -OCH3 is 1. The summed E-state index contributed by atoms with van der Waals surface area (Å²) < 4.78 is 23.8. The molecule has 0 fully saturated rings. The first-order chi connectivity index (χ1) is 10.2. The van der Waals surface area contributed by atoms with E-state index in [1.165, 1.54) is 24.1 Å². The van der Waals surface area contributed by atoms with Crippen molar-refractivity contribution in [3.8, 4) is 0 Å². The molecule has 0 atom stereocenters. The Morgan fingerprint density at radius 3 is 2.68 bits per heavy atom. The number of esters is 1. The number of hydrogen-bond donors (Lipinski definition) is 1. The van der Waals surface area contributed by atoms with Gasteiger partial charge in [0.05, 0.1) is 20.0 Å². The Morgan fingerprint density at radius 1 is 1.45 bits per heavy atom. The zero-order valence-electron chi connectivity index (χ0n) is 13.1. The first kappa shape index (κ1) is 17.7. The Bertz CT molecular complexity index is 561. The quantitative estimate of drug-likeness (QED) is 0.841. The van der Waals surface area contributed by atoms with E-state index in [-0.39, 0.29) is 24.4 Å². The molecule has 0 bridgehead atoms. The minimum absolute atomic E-state index is 0.0289. The van der Waals surface area contributed by atoms with Crippen LogP contribution >= 0.6 is 0 Å². The molecule has 22 heavy (non-hydrogen) atoms. The first-order valence-corrected chi connectivity index (χ1v) is 6.62. The normalized spacial score (nSPS) is 12.0. The maximum Gasteiger partial charge on any atom is 0.407 e. The molecule has 0 radical (unpaired) electrons. The number of carbonyl (C=O) groups is 2. The topological polar surface area (TPSA) is 82.5 Å². The zero-order chi connectivity index (χ0) is 16.8. The van der Waals surface area contributed by atoms with Crippen molar-refractivity contribution in [2.24, 2.45) is 0 Å². The minimum Gasteiger partial charge on any atom is -0.464 e. The van der Waals surface area contributed by atoms with Crippen molar-refractivity contribution in [1.82, 2.24) is 15.1 Å². The third kappa shape index (κ3) is 5.94. The molecule has 0 aromatic carbocycles. The number of alkyl carbamates (subject to hydrolysis) is 1. The molecule has 0 saturated carbocycles. The molecular weight excluding hydrogens is 293 g/mol. The summed E-state index contributed by atoms with van der Waals surface area (Å²) in [5.74, 6) is -0.573. The van der Waals surface area contributed by atoms with Gasteiger partial charge in [-0.15, -0.1) is 0 Å². The molecule has 0 spiro atoms. The van der Waals surface area contributed by atoms with Gasteiger partial charge >= 0.3 is 12.1 Å². The summed E-state index contributed by atoms with van der Waals surface area (Å²) in [6.07, 6.45) is 1.27. The SMILES string of the molecule is COC(=O)c1ccn(C/C(=C/F)CNC(=O)OC(C)(C)C)n1. The fourth-order valence-electron chi connectivity index (χ4n) is 1.50. The lowest BCUT2D eigenvalue weighted by Gasteiger charge is -2.20. The Morgan fingerprint density at radius 2 is 2.14 bits per heavy atom. The highest BCUT2D eigenvalue weighted by Gasteiger charge is 2.16. The van der Waals surface area contributed by atoms with Gasteiger partial charge in [0.25, 0.3) is 0 Å². The van der Waals surface area contributed by atoms with Crippen LogP contribution in [0.15, 0.2) is 24.2 Å². The smallest absolute Gasteiger partial charge is 0.407 e. The van der Waals surface area contributed by atoms with Crippen LogP contribution in [0, 0.1) is 0 Å². The molecular formula is C14H20FN3O4. The molecule has 1 aromatic rings. The van der Waals surface area contributed by atoms with Crippen molar-refractivity contribution < 1.29 is 23.5 Å². The van der Waals surface area contributed by atoms with E-state index in [1.54, 1.807) is 20.8 Å². The Labute approximate surface area is 128 Å². The van der Waals surface area contributed by atoms with Crippen LogP contribution in [0.25, 0.3) is 0 Å². The molecule has 0 unspecified atom stereocenters. The lowest BCUT2D eigenvalue weighted by Crippen LogP contribution is -2.34. The Kier molecular flexibility index (Phi) is 6.09. The number of ether oxygens (including phenoxy) is 2. The maximum atomic E-state index is 12.9. The molecule has 0 aliphatic carbocycles. The predicted octanol–water partition coefficient (Wildman–Crippen LogP) is 2.05. The number of amides is 1. The predicted molar refractivity (Wildman–Crippen MR) is 77.0 cm³/mol. The van der Waals surface area contributed by atoms with Gasteiger partial charge in [-0.1, -0.05) is 0 Å². The minimum atomic E-state index is -0.637. The largest absolute Gasteiger partial charge is 0.464 e. The second-order valence-electron chi connectivity index (χ2n) is 5.51. The molecule has 0 saturated heterocycles. The van der Waals surface area contributed by atoms with Crippen molar-refractivity contribution in [2.75, 3.05) is 13.7 Å². The van der Waals surface area contributed by atoms with Gasteiger partial charge in [0.15, 0.2) is 5.69 Å². The van der Waals surface area contributed by atoms with Crippen LogP contribution in [-0.2, 0) is 16.0 Å². The van der Waals surface area contributed by atoms with E-state index >= 15 is 0 Å². The summed E-state index contributed by atoms with van der Waals surface area (Å²) >= 11 is 0. The van der Waals surface area contributed by atoms with Gasteiger partial charge in [-0.05, 0) is 32.4 Å². The van der Waals surface area contributed by atoms with Gasteiger partial charge in [0, 0.05) is 12.7 Å². The third-order valence-corrected chi connectivity index (χ3v) is 2.41. The van der Waals surface area contributed by atoms with Crippen LogP contribution in [0.2, 0.25) is 0 Å². The molecule has 1 rings (SSSR count). The molecule has 0 aliphatic rings. The monoisotopic (exact) mass is 313 g/mol. The lowest BCUT2D eigenvalue weighted by atomic mass is 10.2. The van der Waals surface area contributed by atoms with Crippen molar-refractivity contribution in [3.63, 3.8) is 0 Å². The average molecular weight is 313 g/mol. The van der Waals surface area contributed by atoms with Crippen LogP contribution in [0.3, 0.4) is 0 Å². The maximum absolute atomic E-state index is 12.9. The Balaban J connectivity index is 2.54. The lowest BCUT2D eigenvalue weighted by molar-refractivity contribution is 0.0531. The zero-order valence-corrected chi connectivity index (χ0v) is 13.1. The molecule has 1 aromatic heterocycles. The Hall–Kier alpha value is -2.38. The number of nitrogens with one attached hydrogen (secondary N) is 1. The highest BCUT2D eigenvalue weighted by Crippen LogP contribution is 2.07. The van der Waals surface area contributed by atoms with E-state index in [4.69, 9.17) is 4.74 Å². The first-order valence-electron chi connectivity index (χ1n) is 6.62. The summed E-state index contributed by atoms with van der Waals surface area (Å²) in [6.45, 7) is 5.26. The third-order valence-electron chi connectivity index (χ3n) is 2.41. The van der Waals surface area contributed by atoms with Crippen LogP contribution in [0.1, 0.15) is 31.3 Å². The van der Waals surface area contributed by atoms with E-state index in [9.17, 15) is 14.0 Å². The average Bonchev–Trinajstić information content (AvgIpc) is 2.89. The van der Waals surface area contributed by atoms with Crippen LogP contribution < -0.4 is 5.32 Å². The fourth-order valence-corrected chi connectivity index (χ4v) is 1.50. The molecule has 122 valence electrons. The highest BCUT2D eigenvalue weighted by molar-refractivity contribution is 5.86. The number of aromatic nitrogens is 2. The van der Waals surface area contributed by atoms with E-state index in [2.05, 4.69) is 15.2 Å². The van der Waals surface area contributed by atoms with E-state index in [1.807, 2.05) is 0 Å². The van der Waals surface area contributed by atoms with Crippen LogP contribution in [0.4, 0.5) is 9.18 Å². The molecule has 0 aliphatic heterocycles. The summed E-state index contributed by atoms with van der Waals surface area (Å²) in [5.41, 5.74) is -0.229. The fraction of sp³-hybridized carbons (Fsp3) is 0.500. The van der Waals surface area contributed by atoms with E-state index in [0.29, 0.717) is 6.33 Å². The van der Waals surface area contributed by atoms with Crippen molar-refractivity contribution >= 4 is 12.1 Å². The van der Waals surface area contributed by atoms with Gasteiger partial charge in [-0.25, -0.2) is 14.0 Å². The highest BCUT2D eigenvalue weighted by atomic mass is 19.1. The van der Waals surface area contributed by atoms with Gasteiger partial charge < -0.3 is 14.8 Å². The second kappa shape index (κ2) is 7.58. The van der Waals surface area contributed by atoms with Crippen LogP contribution in [0.5, 0.6) is 0 Å². The number of rotatable bonds is 5. The summed E-state index contributed by atoms with van der Waals surface area (Å²) in [6, 6.07) is 1.46. The molecule has 7 nitrogen and oxygen atoms in total. The van der Waals surface area contributed by atoms with Crippen LogP contribution in [-0.4, -0.2) is 41.1 Å².